The second-order valence-electron chi connectivity index (χ2n) is 9.70. The van der Waals surface area contributed by atoms with Crippen molar-refractivity contribution in [3.63, 3.8) is 0 Å². The molecule has 1 saturated carbocycles. The van der Waals surface area contributed by atoms with Crippen LogP contribution < -0.4 is 20.1 Å². The highest BCUT2D eigenvalue weighted by Crippen LogP contribution is 2.28. The van der Waals surface area contributed by atoms with Gasteiger partial charge < -0.3 is 30.1 Å². The van der Waals surface area contributed by atoms with Gasteiger partial charge in [0.05, 0.1) is 12.0 Å². The molecule has 3 amide bonds. The third kappa shape index (κ3) is 8.02. The quantitative estimate of drug-likeness (QED) is 0.405. The Morgan fingerprint density at radius 3 is 1.89 bits per heavy atom. The summed E-state index contributed by atoms with van der Waals surface area (Å²) >= 11 is 5.91. The number of nitrogens with one attached hydrogen (secondary N) is 2. The number of carboxylic acid groups (broad SMARTS) is 1. The zero-order chi connectivity index (χ0) is 26.9. The lowest BCUT2D eigenvalue weighted by molar-refractivity contribution is -0.143. The summed E-state index contributed by atoms with van der Waals surface area (Å²) in [5, 5.41) is 15.4. The zero-order valence-electron chi connectivity index (χ0n) is 21.2. The van der Waals surface area contributed by atoms with E-state index in [2.05, 4.69) is 10.6 Å². The smallest absolute Gasteiger partial charge is 0.317 e. The summed E-state index contributed by atoms with van der Waals surface area (Å²) in [6.07, 6.45) is 4.20. The van der Waals surface area contributed by atoms with E-state index in [0.717, 1.165) is 18.6 Å². The number of hydrogen-bond acceptors (Lipinski definition) is 5. The minimum absolute atomic E-state index is 0.00400. The van der Waals surface area contributed by atoms with Gasteiger partial charge in [0, 0.05) is 49.6 Å². The highest BCUT2D eigenvalue weighted by molar-refractivity contribution is 6.30. The molecule has 0 aromatic heterocycles. The van der Waals surface area contributed by atoms with Gasteiger partial charge in [-0.25, -0.2) is 4.79 Å². The van der Waals surface area contributed by atoms with Gasteiger partial charge in [0.2, 0.25) is 0 Å². The topological polar surface area (TPSA) is 117 Å². The molecule has 0 atom stereocenters. The van der Waals surface area contributed by atoms with Gasteiger partial charge in [-0.3, -0.25) is 9.59 Å². The van der Waals surface area contributed by atoms with Gasteiger partial charge in [-0.2, -0.15) is 0 Å². The molecule has 2 aromatic rings. The first-order valence-corrected chi connectivity index (χ1v) is 13.5. The number of carboxylic acids is 1. The van der Waals surface area contributed by atoms with Crippen molar-refractivity contribution < 1.29 is 29.0 Å². The molecule has 10 heteroatoms. The van der Waals surface area contributed by atoms with Crippen molar-refractivity contribution in [1.29, 1.82) is 0 Å². The Labute approximate surface area is 227 Å². The number of piperidine rings is 1. The molecule has 4 rings (SSSR count). The first-order chi connectivity index (χ1) is 18.4. The van der Waals surface area contributed by atoms with Crippen LogP contribution in [0.15, 0.2) is 48.5 Å². The monoisotopic (exact) mass is 543 g/mol. The number of urea groups is 1. The Morgan fingerprint density at radius 1 is 0.789 bits per heavy atom. The maximum absolute atomic E-state index is 12.5. The molecular formula is C28H34ClN3O6. The van der Waals surface area contributed by atoms with E-state index in [-0.39, 0.29) is 30.1 Å². The van der Waals surface area contributed by atoms with E-state index < -0.39 is 5.97 Å². The van der Waals surface area contributed by atoms with Crippen LogP contribution in [0, 0.1) is 5.92 Å². The number of aliphatic carboxylic acids is 1. The standard InChI is InChI=1S/C28H34ClN3O6/c29-21-5-11-24(12-6-21)38-25-13-17-32(18-14-25)28(36)31-16-15-30-26(33)19-1-7-22(8-2-19)37-23-9-3-20(4-10-23)27(34)35/h1-2,5-8,11-12,20,23,25H,3-4,9-10,13-18H2,(H,30,33)(H,31,36)(H,34,35). The number of hydrogen-bond donors (Lipinski definition) is 3. The van der Waals surface area contributed by atoms with Crippen LogP contribution in [0.25, 0.3) is 0 Å². The Hall–Kier alpha value is -3.46. The molecule has 0 spiro atoms. The zero-order valence-corrected chi connectivity index (χ0v) is 22.0. The van der Waals surface area contributed by atoms with Crippen LogP contribution in [0.4, 0.5) is 4.79 Å². The summed E-state index contributed by atoms with van der Waals surface area (Å²) in [6, 6.07) is 14.0. The van der Waals surface area contributed by atoms with Crippen LogP contribution in [0.2, 0.25) is 5.02 Å². The Bertz CT molecular complexity index is 1080. The van der Waals surface area contributed by atoms with E-state index in [9.17, 15) is 14.4 Å². The van der Waals surface area contributed by atoms with E-state index in [4.69, 9.17) is 26.2 Å². The van der Waals surface area contributed by atoms with Crippen molar-refractivity contribution in [2.75, 3.05) is 26.2 Å². The molecule has 204 valence electrons. The number of carbonyl (C=O) groups excluding carboxylic acids is 2. The predicted octanol–water partition coefficient (Wildman–Crippen LogP) is 4.35. The molecule has 1 aliphatic heterocycles. The van der Waals surface area contributed by atoms with Crippen molar-refractivity contribution in [3.8, 4) is 11.5 Å². The number of ether oxygens (including phenoxy) is 2. The second kappa shape index (κ2) is 13.4. The Kier molecular flexibility index (Phi) is 9.70. The number of carbonyl (C=O) groups is 3. The maximum atomic E-state index is 12.5. The lowest BCUT2D eigenvalue weighted by Crippen LogP contribution is -2.47. The summed E-state index contributed by atoms with van der Waals surface area (Å²) < 4.78 is 11.9. The lowest BCUT2D eigenvalue weighted by atomic mass is 9.87. The first kappa shape index (κ1) is 27.6. The van der Waals surface area contributed by atoms with Crippen LogP contribution in [-0.2, 0) is 4.79 Å². The highest BCUT2D eigenvalue weighted by atomic mass is 35.5. The van der Waals surface area contributed by atoms with Gasteiger partial charge in [-0.05, 0) is 74.2 Å². The molecule has 2 aliphatic rings. The average Bonchev–Trinajstić information content (AvgIpc) is 2.93. The normalized spacial score (nSPS) is 19.9. The van der Waals surface area contributed by atoms with Crippen molar-refractivity contribution in [1.82, 2.24) is 15.5 Å². The van der Waals surface area contributed by atoms with Gasteiger partial charge in [0.25, 0.3) is 5.91 Å². The highest BCUT2D eigenvalue weighted by Gasteiger charge is 2.27. The molecule has 1 heterocycles. The fourth-order valence-electron chi connectivity index (χ4n) is 4.75. The molecule has 38 heavy (non-hydrogen) atoms. The van der Waals surface area contributed by atoms with Crippen LogP contribution in [0.3, 0.4) is 0 Å². The molecule has 1 aliphatic carbocycles. The van der Waals surface area contributed by atoms with Crippen LogP contribution >= 0.6 is 11.6 Å². The van der Waals surface area contributed by atoms with E-state index in [0.29, 0.717) is 68.2 Å². The summed E-state index contributed by atoms with van der Waals surface area (Å²) in [4.78, 5) is 37.8. The number of rotatable bonds is 9. The van der Waals surface area contributed by atoms with Crippen molar-refractivity contribution in [3.05, 3.63) is 59.1 Å². The fourth-order valence-corrected chi connectivity index (χ4v) is 4.87. The molecular weight excluding hydrogens is 510 g/mol. The predicted molar refractivity (Wildman–Crippen MR) is 143 cm³/mol. The molecule has 1 saturated heterocycles. The van der Waals surface area contributed by atoms with Crippen LogP contribution in [0.5, 0.6) is 11.5 Å². The molecule has 2 fully saturated rings. The molecule has 0 bridgehead atoms. The van der Waals surface area contributed by atoms with Gasteiger partial charge in [0.1, 0.15) is 17.6 Å². The van der Waals surface area contributed by atoms with Crippen LogP contribution in [0.1, 0.15) is 48.9 Å². The molecule has 3 N–H and O–H groups in total. The number of amides is 3. The third-order valence-electron chi connectivity index (χ3n) is 6.98. The van der Waals surface area contributed by atoms with Crippen LogP contribution in [-0.4, -0.2) is 66.3 Å². The van der Waals surface area contributed by atoms with Crippen molar-refractivity contribution in [2.24, 2.45) is 5.92 Å². The summed E-state index contributed by atoms with van der Waals surface area (Å²) in [7, 11) is 0. The minimum atomic E-state index is -0.737. The average molecular weight is 544 g/mol. The van der Waals surface area contributed by atoms with Crippen molar-refractivity contribution in [2.45, 2.75) is 50.7 Å². The largest absolute Gasteiger partial charge is 0.490 e. The van der Waals surface area contributed by atoms with Crippen molar-refractivity contribution >= 4 is 29.5 Å². The molecule has 0 radical (unpaired) electrons. The van der Waals surface area contributed by atoms with E-state index in [1.807, 2.05) is 12.1 Å². The minimum Gasteiger partial charge on any atom is -0.490 e. The number of nitrogens with zero attached hydrogens (tertiary/aromatic N) is 1. The maximum Gasteiger partial charge on any atom is 0.317 e. The molecule has 9 nitrogen and oxygen atoms in total. The SMILES string of the molecule is O=C(NCCNC(=O)N1CCC(Oc2ccc(Cl)cc2)CC1)c1ccc(OC2CCC(C(=O)O)CC2)cc1. The van der Waals surface area contributed by atoms with Gasteiger partial charge in [-0.15, -0.1) is 0 Å². The van der Waals surface area contributed by atoms with E-state index >= 15 is 0 Å². The molecule has 2 aromatic carbocycles. The summed E-state index contributed by atoms with van der Waals surface area (Å²) in [5.74, 6) is 0.190. The van der Waals surface area contributed by atoms with Gasteiger partial charge in [0.15, 0.2) is 0 Å². The Morgan fingerprint density at radius 2 is 1.32 bits per heavy atom. The van der Waals surface area contributed by atoms with E-state index in [1.54, 1.807) is 41.3 Å². The van der Waals surface area contributed by atoms with Gasteiger partial charge in [-0.1, -0.05) is 11.6 Å². The van der Waals surface area contributed by atoms with E-state index in [1.165, 1.54) is 0 Å². The molecule has 0 unspecified atom stereocenters. The number of benzene rings is 2. The first-order valence-electron chi connectivity index (χ1n) is 13.1. The lowest BCUT2D eigenvalue weighted by Gasteiger charge is -2.32. The fraction of sp³-hybridized carbons (Fsp3) is 0.464. The number of likely N-dealkylation sites (tertiary alicyclic amines) is 1. The Balaban J connectivity index is 1.10. The third-order valence-corrected chi connectivity index (χ3v) is 7.23. The van der Waals surface area contributed by atoms with Gasteiger partial charge >= 0.3 is 12.0 Å². The summed E-state index contributed by atoms with van der Waals surface area (Å²) in [5.41, 5.74) is 0.501. The second-order valence-corrected chi connectivity index (χ2v) is 10.1. The summed E-state index contributed by atoms with van der Waals surface area (Å²) in [6.45, 7) is 1.84. The number of halogens is 1.